The molecule has 0 saturated carbocycles. The van der Waals surface area contributed by atoms with Gasteiger partial charge >= 0.3 is 66.7 Å². The molecule has 0 heterocycles. The number of nitrogens with zero attached hydrogens (tertiary/aromatic N) is 1. The standard InChI is InChI=1S/C14H33NO6P2.2Na/c1-2-3-4-5-6-7-8-9-10-11-12-15(13-22(16,17)18)14-23(19,20)21;;/h2-14H2,1H3,(H2,16,17,18)(H2,19,20,21);;/q;2*+1/p-2. The maximum absolute atomic E-state index is 11.0. The number of rotatable bonds is 15. The van der Waals surface area contributed by atoms with Crippen LogP contribution in [0.15, 0.2) is 0 Å². The third-order valence-corrected chi connectivity index (χ3v) is 5.10. The van der Waals surface area contributed by atoms with Crippen molar-refractivity contribution >= 4 is 15.2 Å². The van der Waals surface area contributed by atoms with Gasteiger partial charge < -0.3 is 24.1 Å². The molecule has 0 rings (SSSR count). The summed E-state index contributed by atoms with van der Waals surface area (Å²) >= 11 is 0. The van der Waals surface area contributed by atoms with Gasteiger partial charge in [-0.1, -0.05) is 72.3 Å². The second kappa shape index (κ2) is 18.3. The van der Waals surface area contributed by atoms with Crippen molar-refractivity contribution in [3.8, 4) is 0 Å². The van der Waals surface area contributed by atoms with Crippen molar-refractivity contribution in [2.75, 3.05) is 19.1 Å². The Labute approximate surface area is 196 Å². The van der Waals surface area contributed by atoms with Crippen LogP contribution in [-0.4, -0.2) is 33.8 Å². The van der Waals surface area contributed by atoms with Crippen LogP contribution in [0.5, 0.6) is 0 Å². The molecule has 140 valence electrons. The van der Waals surface area contributed by atoms with Gasteiger partial charge in [0.1, 0.15) is 6.29 Å². The van der Waals surface area contributed by atoms with Gasteiger partial charge in [0.15, 0.2) is 0 Å². The van der Waals surface area contributed by atoms with Gasteiger partial charge in [-0.15, -0.1) is 0 Å². The normalized spacial score (nSPS) is 11.9. The maximum atomic E-state index is 11.0. The molecular weight excluding hydrogens is 386 g/mol. The Morgan fingerprint density at radius 2 is 1.16 bits per heavy atom. The van der Waals surface area contributed by atoms with Gasteiger partial charge in [0.2, 0.25) is 0 Å². The van der Waals surface area contributed by atoms with Gasteiger partial charge in [-0.3, -0.25) is 9.46 Å². The zero-order valence-electron chi connectivity index (χ0n) is 16.1. The minimum absolute atomic E-state index is 0. The summed E-state index contributed by atoms with van der Waals surface area (Å²) < 4.78 is 21.8. The molecule has 0 aromatic carbocycles. The number of hydrogen-bond donors (Lipinski definition) is 2. The summed E-state index contributed by atoms with van der Waals surface area (Å²) in [5.74, 6) is 0. The van der Waals surface area contributed by atoms with E-state index in [4.69, 9.17) is 9.79 Å². The van der Waals surface area contributed by atoms with Crippen molar-refractivity contribution in [1.82, 2.24) is 4.90 Å². The molecule has 0 aliphatic heterocycles. The molecule has 0 aromatic rings. The Bertz CT molecular complexity index is 368. The fraction of sp³-hybridized carbons (Fsp3) is 1.00. The van der Waals surface area contributed by atoms with E-state index in [1.165, 1.54) is 38.5 Å². The second-order valence-electron chi connectivity index (χ2n) is 6.13. The molecule has 0 radical (unpaired) electrons. The van der Waals surface area contributed by atoms with Crippen LogP contribution in [0.4, 0.5) is 0 Å². The molecule has 0 atom stereocenters. The van der Waals surface area contributed by atoms with Gasteiger partial charge in [-0.2, -0.15) is 0 Å². The largest absolute Gasteiger partial charge is 1.00 e. The third-order valence-electron chi connectivity index (χ3n) is 3.59. The Kier molecular flexibility index (Phi) is 23.4. The van der Waals surface area contributed by atoms with Crippen molar-refractivity contribution in [3.05, 3.63) is 0 Å². The summed E-state index contributed by atoms with van der Waals surface area (Å²) in [7, 11) is -9.17. The maximum Gasteiger partial charge on any atom is 1.00 e. The first kappa shape index (κ1) is 31.9. The molecule has 0 amide bonds. The zero-order valence-corrected chi connectivity index (χ0v) is 21.9. The number of hydrogen-bond acceptors (Lipinski definition) is 5. The first-order valence-electron chi connectivity index (χ1n) is 8.42. The molecule has 25 heavy (non-hydrogen) atoms. The minimum atomic E-state index is -4.81. The average molecular weight is 417 g/mol. The molecule has 0 unspecified atom stereocenters. The zero-order chi connectivity index (χ0) is 17.8. The van der Waals surface area contributed by atoms with Crippen LogP contribution in [0.25, 0.3) is 0 Å². The summed E-state index contributed by atoms with van der Waals surface area (Å²) in [5.41, 5.74) is 0. The van der Waals surface area contributed by atoms with E-state index in [2.05, 4.69) is 6.92 Å². The summed E-state index contributed by atoms with van der Waals surface area (Å²) in [4.78, 5) is 40.5. The van der Waals surface area contributed by atoms with Crippen LogP contribution in [-0.2, 0) is 9.13 Å². The SMILES string of the molecule is CCCCCCCCCCCCN(CP(=O)([O-])[O-])CP(=O)(O)O.[Na+].[Na+]. The van der Waals surface area contributed by atoms with Crippen molar-refractivity contribution < 1.29 is 87.8 Å². The van der Waals surface area contributed by atoms with E-state index in [1.54, 1.807) is 0 Å². The molecule has 0 bridgehead atoms. The molecule has 0 aromatic heterocycles. The van der Waals surface area contributed by atoms with Crippen LogP contribution in [0.2, 0.25) is 0 Å². The third kappa shape index (κ3) is 26.3. The Morgan fingerprint density at radius 1 is 0.760 bits per heavy atom. The molecule has 0 spiro atoms. The first-order valence-corrected chi connectivity index (χ1v) is 11.9. The van der Waals surface area contributed by atoms with E-state index >= 15 is 0 Å². The number of unbranched alkanes of at least 4 members (excludes halogenated alkanes) is 9. The Morgan fingerprint density at radius 3 is 1.52 bits per heavy atom. The van der Waals surface area contributed by atoms with Crippen molar-refractivity contribution in [2.45, 2.75) is 71.1 Å². The first-order chi connectivity index (χ1) is 10.6. The monoisotopic (exact) mass is 417 g/mol. The van der Waals surface area contributed by atoms with Crippen LogP contribution >= 0.6 is 15.2 Å². The van der Waals surface area contributed by atoms with Crippen molar-refractivity contribution in [2.24, 2.45) is 0 Å². The summed E-state index contributed by atoms with van der Waals surface area (Å²) in [5, 5.41) is 0. The summed E-state index contributed by atoms with van der Waals surface area (Å²) in [6, 6.07) is 0. The Hall–Kier alpha value is 2.26. The molecule has 0 saturated heterocycles. The van der Waals surface area contributed by atoms with Gasteiger partial charge in [-0.25, -0.2) is 0 Å². The average Bonchev–Trinajstić information content (AvgIpc) is 2.37. The van der Waals surface area contributed by atoms with E-state index in [0.717, 1.165) is 24.2 Å². The molecule has 2 N–H and O–H groups in total. The quantitative estimate of drug-likeness (QED) is 0.159. The molecule has 7 nitrogen and oxygen atoms in total. The predicted octanol–water partition coefficient (Wildman–Crippen LogP) is -3.78. The van der Waals surface area contributed by atoms with Gasteiger partial charge in [0, 0.05) is 6.29 Å². The van der Waals surface area contributed by atoms with E-state index < -0.39 is 27.8 Å². The molecule has 0 fully saturated rings. The van der Waals surface area contributed by atoms with Crippen LogP contribution in [0.1, 0.15) is 71.1 Å². The topological polar surface area (TPSA) is 124 Å². The molecule has 11 heteroatoms. The van der Waals surface area contributed by atoms with Gasteiger partial charge in [-0.05, 0) is 13.0 Å². The fourth-order valence-electron chi connectivity index (χ4n) is 2.51. The smallest absolute Gasteiger partial charge is 0.810 e. The minimum Gasteiger partial charge on any atom is -0.810 e. The molecular formula is C14H31NNa2O6P2. The van der Waals surface area contributed by atoms with E-state index in [9.17, 15) is 18.9 Å². The second-order valence-corrected chi connectivity index (χ2v) is 9.25. The van der Waals surface area contributed by atoms with Gasteiger partial charge in [0.25, 0.3) is 0 Å². The Balaban J connectivity index is -0.00000242. The van der Waals surface area contributed by atoms with Crippen molar-refractivity contribution in [1.29, 1.82) is 0 Å². The fourth-order valence-corrected chi connectivity index (χ4v) is 4.17. The van der Waals surface area contributed by atoms with E-state index in [1.807, 2.05) is 0 Å². The van der Waals surface area contributed by atoms with Crippen LogP contribution < -0.4 is 68.9 Å². The summed E-state index contributed by atoms with van der Waals surface area (Å²) in [6.45, 7) is 2.41. The molecule has 0 aliphatic rings. The van der Waals surface area contributed by atoms with Gasteiger partial charge in [0.05, 0.1) is 0 Å². The molecule has 0 aliphatic carbocycles. The van der Waals surface area contributed by atoms with Crippen molar-refractivity contribution in [3.63, 3.8) is 0 Å². The van der Waals surface area contributed by atoms with E-state index in [0.29, 0.717) is 6.42 Å². The predicted molar refractivity (Wildman–Crippen MR) is 87.9 cm³/mol. The van der Waals surface area contributed by atoms with Crippen LogP contribution in [0.3, 0.4) is 0 Å². The van der Waals surface area contributed by atoms with Crippen LogP contribution in [0, 0.1) is 0 Å². The van der Waals surface area contributed by atoms with E-state index in [-0.39, 0.29) is 65.7 Å². The summed E-state index contributed by atoms with van der Waals surface area (Å²) in [6.07, 6.45) is 9.65.